The van der Waals surface area contributed by atoms with Crippen LogP contribution in [-0.2, 0) is 0 Å². The van der Waals surface area contributed by atoms with E-state index >= 15 is 0 Å². The second kappa shape index (κ2) is 4.39. The zero-order chi connectivity index (χ0) is 11.7. The standard InChI is InChI=1S/C12H17N3S/c1-8-4-5-11(16-8)12(9(2)13)15-7-6-14-10(15)3/h4-7,9,12H,13H2,1-3H3. The summed E-state index contributed by atoms with van der Waals surface area (Å²) in [4.78, 5) is 6.88. The van der Waals surface area contributed by atoms with Crippen LogP contribution in [0.2, 0.25) is 0 Å². The molecule has 0 aliphatic heterocycles. The van der Waals surface area contributed by atoms with Crippen LogP contribution in [0.5, 0.6) is 0 Å². The van der Waals surface area contributed by atoms with Crippen molar-refractivity contribution in [3.63, 3.8) is 0 Å². The van der Waals surface area contributed by atoms with Crippen molar-refractivity contribution in [3.8, 4) is 0 Å². The molecule has 0 aliphatic rings. The van der Waals surface area contributed by atoms with Gasteiger partial charge < -0.3 is 10.3 Å². The number of nitrogens with zero attached hydrogens (tertiary/aromatic N) is 2. The Bertz CT molecular complexity index is 470. The van der Waals surface area contributed by atoms with Gasteiger partial charge in [-0.2, -0.15) is 0 Å². The molecule has 0 spiro atoms. The second-order valence-electron chi connectivity index (χ2n) is 4.13. The first kappa shape index (κ1) is 11.4. The van der Waals surface area contributed by atoms with Gasteiger partial charge in [-0.25, -0.2) is 4.98 Å². The maximum absolute atomic E-state index is 6.10. The Morgan fingerprint density at radius 1 is 1.38 bits per heavy atom. The molecule has 3 nitrogen and oxygen atoms in total. The van der Waals surface area contributed by atoms with Crippen molar-refractivity contribution >= 4 is 11.3 Å². The number of hydrogen-bond acceptors (Lipinski definition) is 3. The number of hydrogen-bond donors (Lipinski definition) is 1. The van der Waals surface area contributed by atoms with Gasteiger partial charge in [0.25, 0.3) is 0 Å². The summed E-state index contributed by atoms with van der Waals surface area (Å²) in [5.74, 6) is 1.01. The van der Waals surface area contributed by atoms with Gasteiger partial charge in [0.05, 0.1) is 6.04 Å². The molecule has 16 heavy (non-hydrogen) atoms. The molecule has 0 amide bonds. The summed E-state index contributed by atoms with van der Waals surface area (Å²) in [6.07, 6.45) is 3.82. The molecule has 2 N–H and O–H groups in total. The fourth-order valence-corrected chi connectivity index (χ4v) is 3.04. The summed E-state index contributed by atoms with van der Waals surface area (Å²) >= 11 is 1.80. The van der Waals surface area contributed by atoms with Gasteiger partial charge in [0.15, 0.2) is 0 Å². The highest BCUT2D eigenvalue weighted by Gasteiger charge is 2.20. The Labute approximate surface area is 99.9 Å². The molecule has 0 fully saturated rings. The molecule has 2 heterocycles. The molecule has 0 aromatic carbocycles. The van der Waals surface area contributed by atoms with E-state index in [4.69, 9.17) is 5.73 Å². The van der Waals surface area contributed by atoms with Gasteiger partial charge in [0.2, 0.25) is 0 Å². The molecule has 2 rings (SSSR count). The maximum atomic E-state index is 6.10. The van der Waals surface area contributed by atoms with Crippen molar-refractivity contribution in [2.24, 2.45) is 5.73 Å². The van der Waals surface area contributed by atoms with Crippen molar-refractivity contribution < 1.29 is 0 Å². The Balaban J connectivity index is 2.42. The second-order valence-corrected chi connectivity index (χ2v) is 5.45. The molecule has 86 valence electrons. The predicted molar refractivity (Wildman–Crippen MR) is 67.8 cm³/mol. The van der Waals surface area contributed by atoms with Gasteiger partial charge in [-0.05, 0) is 32.9 Å². The van der Waals surface area contributed by atoms with Crippen LogP contribution in [0.25, 0.3) is 0 Å². The Morgan fingerprint density at radius 3 is 2.56 bits per heavy atom. The van der Waals surface area contributed by atoms with E-state index in [9.17, 15) is 0 Å². The fourth-order valence-electron chi connectivity index (χ4n) is 1.94. The minimum atomic E-state index is 0.0750. The zero-order valence-electron chi connectivity index (χ0n) is 9.84. The Kier molecular flexibility index (Phi) is 3.12. The lowest BCUT2D eigenvalue weighted by atomic mass is 10.1. The van der Waals surface area contributed by atoms with Crippen LogP contribution in [0.3, 0.4) is 0 Å². The van der Waals surface area contributed by atoms with Crippen LogP contribution in [0, 0.1) is 13.8 Å². The van der Waals surface area contributed by atoms with Crippen molar-refractivity contribution in [2.45, 2.75) is 32.9 Å². The van der Waals surface area contributed by atoms with E-state index in [-0.39, 0.29) is 12.1 Å². The largest absolute Gasteiger partial charge is 0.326 e. The summed E-state index contributed by atoms with van der Waals surface area (Å²) < 4.78 is 2.15. The van der Waals surface area contributed by atoms with Crippen LogP contribution >= 0.6 is 11.3 Å². The highest BCUT2D eigenvalue weighted by atomic mass is 32.1. The summed E-state index contributed by atoms with van der Waals surface area (Å²) in [5.41, 5.74) is 6.10. The smallest absolute Gasteiger partial charge is 0.106 e. The number of nitrogens with two attached hydrogens (primary N) is 1. The van der Waals surface area contributed by atoms with E-state index in [1.807, 2.05) is 26.2 Å². The molecule has 2 atom stereocenters. The van der Waals surface area contributed by atoms with Crippen molar-refractivity contribution in [1.29, 1.82) is 0 Å². The SMILES string of the molecule is Cc1ccc(C(C(C)N)n2ccnc2C)s1. The highest BCUT2D eigenvalue weighted by molar-refractivity contribution is 7.12. The Hall–Kier alpha value is -1.13. The molecule has 4 heteroatoms. The lowest BCUT2D eigenvalue weighted by molar-refractivity contribution is 0.493. The van der Waals surface area contributed by atoms with Crippen molar-refractivity contribution in [2.75, 3.05) is 0 Å². The average molecular weight is 235 g/mol. The molecule has 2 aromatic rings. The van der Waals surface area contributed by atoms with Crippen LogP contribution in [-0.4, -0.2) is 15.6 Å². The fraction of sp³-hybridized carbons (Fsp3) is 0.417. The van der Waals surface area contributed by atoms with E-state index < -0.39 is 0 Å². The van der Waals surface area contributed by atoms with E-state index in [0.29, 0.717) is 0 Å². The first-order chi connectivity index (χ1) is 7.59. The quantitative estimate of drug-likeness (QED) is 0.888. The maximum Gasteiger partial charge on any atom is 0.106 e. The third-order valence-corrected chi connectivity index (χ3v) is 3.78. The zero-order valence-corrected chi connectivity index (χ0v) is 10.7. The predicted octanol–water partition coefficient (Wildman–Crippen LogP) is 2.50. The summed E-state index contributed by atoms with van der Waals surface area (Å²) in [5, 5.41) is 0. The molecular formula is C12H17N3S. The number of imidazole rings is 1. The van der Waals surface area contributed by atoms with E-state index in [1.54, 1.807) is 11.3 Å². The van der Waals surface area contributed by atoms with Crippen LogP contribution < -0.4 is 5.73 Å². The minimum absolute atomic E-state index is 0.0750. The lowest BCUT2D eigenvalue weighted by Crippen LogP contribution is -2.29. The molecule has 0 bridgehead atoms. The van der Waals surface area contributed by atoms with Gasteiger partial charge in [0, 0.05) is 28.2 Å². The van der Waals surface area contributed by atoms with Gasteiger partial charge in [-0.15, -0.1) is 11.3 Å². The third-order valence-electron chi connectivity index (χ3n) is 2.71. The number of aryl methyl sites for hydroxylation is 2. The number of rotatable bonds is 3. The molecular weight excluding hydrogens is 218 g/mol. The van der Waals surface area contributed by atoms with Crippen molar-refractivity contribution in [1.82, 2.24) is 9.55 Å². The molecule has 0 saturated carbocycles. The van der Waals surface area contributed by atoms with Crippen LogP contribution in [0.15, 0.2) is 24.5 Å². The van der Waals surface area contributed by atoms with E-state index in [2.05, 4.69) is 28.6 Å². The number of thiophene rings is 1. The first-order valence-electron chi connectivity index (χ1n) is 5.41. The topological polar surface area (TPSA) is 43.8 Å². The van der Waals surface area contributed by atoms with Gasteiger partial charge in [-0.3, -0.25) is 0 Å². The normalized spacial score (nSPS) is 15.0. The first-order valence-corrected chi connectivity index (χ1v) is 6.22. The molecule has 2 unspecified atom stereocenters. The van der Waals surface area contributed by atoms with Crippen LogP contribution in [0.1, 0.15) is 28.5 Å². The van der Waals surface area contributed by atoms with Gasteiger partial charge in [0.1, 0.15) is 5.82 Å². The number of aromatic nitrogens is 2. The summed E-state index contributed by atoms with van der Waals surface area (Å²) in [6, 6.07) is 4.57. The highest BCUT2D eigenvalue weighted by Crippen LogP contribution is 2.28. The van der Waals surface area contributed by atoms with Gasteiger partial charge in [-0.1, -0.05) is 0 Å². The third kappa shape index (κ3) is 2.03. The summed E-state index contributed by atoms with van der Waals surface area (Å²) in [6.45, 7) is 6.17. The lowest BCUT2D eigenvalue weighted by Gasteiger charge is -2.22. The average Bonchev–Trinajstić information content (AvgIpc) is 2.78. The Morgan fingerprint density at radius 2 is 2.12 bits per heavy atom. The molecule has 0 aliphatic carbocycles. The summed E-state index contributed by atoms with van der Waals surface area (Å²) in [7, 11) is 0. The monoisotopic (exact) mass is 235 g/mol. The molecule has 2 aromatic heterocycles. The van der Waals surface area contributed by atoms with E-state index in [1.165, 1.54) is 9.75 Å². The van der Waals surface area contributed by atoms with Crippen LogP contribution in [0.4, 0.5) is 0 Å². The van der Waals surface area contributed by atoms with Crippen molar-refractivity contribution in [3.05, 3.63) is 40.1 Å². The minimum Gasteiger partial charge on any atom is -0.326 e. The van der Waals surface area contributed by atoms with E-state index in [0.717, 1.165) is 5.82 Å². The molecule has 0 radical (unpaired) electrons. The van der Waals surface area contributed by atoms with Gasteiger partial charge >= 0.3 is 0 Å². The molecule has 0 saturated heterocycles.